The van der Waals surface area contributed by atoms with Gasteiger partial charge in [0.25, 0.3) is 5.91 Å². The predicted molar refractivity (Wildman–Crippen MR) is 166 cm³/mol. The maximum absolute atomic E-state index is 13.4. The third kappa shape index (κ3) is 7.31. The molecule has 2 aromatic carbocycles. The molecule has 0 spiro atoms. The van der Waals surface area contributed by atoms with Crippen molar-refractivity contribution in [2.45, 2.75) is 77.3 Å². The molecule has 4 aromatic rings. The molecule has 230 valence electrons. The van der Waals surface area contributed by atoms with Crippen LogP contribution < -0.4 is 0 Å². The number of aromatic nitrogens is 3. The smallest absolute Gasteiger partial charge is 0.411 e. The van der Waals surface area contributed by atoms with Crippen molar-refractivity contribution in [2.24, 2.45) is 0 Å². The summed E-state index contributed by atoms with van der Waals surface area (Å²) >= 11 is 0. The average molecular weight is 599 g/mol. The van der Waals surface area contributed by atoms with Crippen LogP contribution in [0, 0.1) is 6.92 Å². The lowest BCUT2D eigenvalue weighted by molar-refractivity contribution is -0.00453. The Morgan fingerprint density at radius 1 is 1.05 bits per heavy atom. The predicted octanol–water partition coefficient (Wildman–Crippen LogP) is 5.49. The second-order valence-electron chi connectivity index (χ2n) is 12.3. The number of likely N-dealkylation sites (tertiary alicyclic amines) is 1. The Hall–Kier alpha value is -4.57. The van der Waals surface area contributed by atoms with Crippen molar-refractivity contribution in [1.82, 2.24) is 25.0 Å². The molecule has 44 heavy (non-hydrogen) atoms. The van der Waals surface area contributed by atoms with Crippen LogP contribution in [-0.4, -0.2) is 66.8 Å². The number of benzene rings is 2. The SMILES string of the molecule is Cc1nnc(-c2cncc(CN(C)C(=O)c3ccc(C[C@@H]4CC[C@H]([C@H]([OH2+])c5ccccc5)N4C(=O)OC(C)(C)C)cc3)c2)o1. The minimum absolute atomic E-state index is 0.113. The third-order valence-corrected chi connectivity index (χ3v) is 7.70. The van der Waals surface area contributed by atoms with Gasteiger partial charge in [-0.1, -0.05) is 42.5 Å². The van der Waals surface area contributed by atoms with Crippen LogP contribution in [0.25, 0.3) is 11.5 Å². The summed E-state index contributed by atoms with van der Waals surface area (Å²) in [7, 11) is 1.75. The normalized spacial score (nSPS) is 17.4. The van der Waals surface area contributed by atoms with Crippen molar-refractivity contribution in [3.8, 4) is 11.5 Å². The minimum atomic E-state index is -0.642. The first-order valence-corrected chi connectivity index (χ1v) is 14.8. The van der Waals surface area contributed by atoms with Crippen molar-refractivity contribution in [1.29, 1.82) is 0 Å². The van der Waals surface area contributed by atoms with Gasteiger partial charge in [0.1, 0.15) is 11.6 Å². The van der Waals surface area contributed by atoms with Gasteiger partial charge in [-0.3, -0.25) is 14.7 Å². The van der Waals surface area contributed by atoms with Gasteiger partial charge < -0.3 is 19.2 Å². The fraction of sp³-hybridized carbons (Fsp3) is 0.382. The zero-order valence-corrected chi connectivity index (χ0v) is 25.9. The fourth-order valence-corrected chi connectivity index (χ4v) is 5.65. The molecule has 1 aliphatic rings. The summed E-state index contributed by atoms with van der Waals surface area (Å²) in [6.07, 6.45) is 4.50. The molecule has 0 bridgehead atoms. The van der Waals surface area contributed by atoms with Gasteiger partial charge in [-0.25, -0.2) is 4.79 Å². The summed E-state index contributed by atoms with van der Waals surface area (Å²) in [5, 5.41) is 16.9. The van der Waals surface area contributed by atoms with Crippen LogP contribution >= 0.6 is 0 Å². The van der Waals surface area contributed by atoms with Crippen molar-refractivity contribution < 1.29 is 23.8 Å². The fourth-order valence-electron chi connectivity index (χ4n) is 5.65. The minimum Gasteiger partial charge on any atom is -0.444 e. The highest BCUT2D eigenvalue weighted by Gasteiger charge is 2.45. The number of amides is 2. The number of carbonyl (C=O) groups excluding carboxylic acids is 2. The largest absolute Gasteiger partial charge is 0.444 e. The molecule has 3 heterocycles. The van der Waals surface area contributed by atoms with E-state index in [1.807, 2.05) is 81.4 Å². The van der Waals surface area contributed by atoms with E-state index in [-0.39, 0.29) is 24.1 Å². The van der Waals surface area contributed by atoms with Crippen molar-refractivity contribution in [2.75, 3.05) is 7.05 Å². The molecule has 2 N–H and O–H groups in total. The molecule has 1 aliphatic heterocycles. The van der Waals surface area contributed by atoms with E-state index in [0.717, 1.165) is 29.5 Å². The first kappa shape index (κ1) is 30.9. The number of hydrogen-bond acceptors (Lipinski definition) is 7. The van der Waals surface area contributed by atoms with Gasteiger partial charge in [-0.15, -0.1) is 10.2 Å². The maximum Gasteiger partial charge on any atom is 0.411 e. The van der Waals surface area contributed by atoms with E-state index in [9.17, 15) is 9.59 Å². The zero-order valence-electron chi connectivity index (χ0n) is 25.9. The van der Waals surface area contributed by atoms with Gasteiger partial charge in [0.2, 0.25) is 17.9 Å². The monoisotopic (exact) mass is 598 g/mol. The Bertz CT molecular complexity index is 1580. The second kappa shape index (κ2) is 13.0. The van der Waals surface area contributed by atoms with Crippen molar-refractivity contribution >= 4 is 12.0 Å². The first-order chi connectivity index (χ1) is 21.0. The van der Waals surface area contributed by atoms with E-state index in [1.165, 1.54) is 0 Å². The number of pyridine rings is 1. The van der Waals surface area contributed by atoms with Crippen molar-refractivity contribution in [3.63, 3.8) is 0 Å². The Morgan fingerprint density at radius 3 is 2.43 bits per heavy atom. The van der Waals surface area contributed by atoms with E-state index in [0.29, 0.717) is 35.9 Å². The molecule has 10 heteroatoms. The molecule has 0 radical (unpaired) electrons. The Kier molecular flexibility index (Phi) is 9.10. The quantitative estimate of drug-likeness (QED) is 0.246. The zero-order chi connectivity index (χ0) is 31.4. The molecule has 3 atom stereocenters. The molecule has 0 saturated carbocycles. The number of nitrogens with zero attached hydrogens (tertiary/aromatic N) is 5. The number of carbonyl (C=O) groups is 2. The topological polar surface area (TPSA) is 125 Å². The molecular weight excluding hydrogens is 558 g/mol. The van der Waals surface area contributed by atoms with E-state index >= 15 is 0 Å². The highest BCUT2D eigenvalue weighted by Crippen LogP contribution is 2.36. The molecule has 1 saturated heterocycles. The summed E-state index contributed by atoms with van der Waals surface area (Å²) in [5.41, 5.74) is 3.35. The molecule has 10 nitrogen and oxygen atoms in total. The summed E-state index contributed by atoms with van der Waals surface area (Å²) in [4.78, 5) is 34.4. The maximum atomic E-state index is 13.4. The van der Waals surface area contributed by atoms with Crippen LogP contribution in [0.5, 0.6) is 0 Å². The first-order valence-electron chi connectivity index (χ1n) is 14.8. The molecular formula is C34H40N5O5+. The molecule has 2 aromatic heterocycles. The summed E-state index contributed by atoms with van der Waals surface area (Å²) < 4.78 is 11.3. The lowest BCUT2D eigenvalue weighted by Gasteiger charge is -2.33. The highest BCUT2D eigenvalue weighted by molar-refractivity contribution is 5.94. The number of rotatable bonds is 8. The lowest BCUT2D eigenvalue weighted by atomic mass is 10.0. The average Bonchev–Trinajstić information content (AvgIpc) is 3.63. The van der Waals surface area contributed by atoms with E-state index in [2.05, 4.69) is 15.2 Å². The van der Waals surface area contributed by atoms with E-state index in [4.69, 9.17) is 14.3 Å². The summed E-state index contributed by atoms with van der Waals surface area (Å²) in [6.45, 7) is 7.66. The van der Waals surface area contributed by atoms with Gasteiger partial charge in [0.15, 0.2) is 0 Å². The third-order valence-electron chi connectivity index (χ3n) is 7.70. The van der Waals surface area contributed by atoms with Crippen LogP contribution in [0.4, 0.5) is 4.79 Å². The Balaban J connectivity index is 1.26. The van der Waals surface area contributed by atoms with Crippen LogP contribution in [-0.2, 0) is 17.7 Å². The molecule has 0 aliphatic carbocycles. The standard InChI is InChI=1S/C34H39N5O5/c1-22-36-37-31(43-22)27-17-24(19-35-20-27)21-38(5)32(41)26-13-11-23(12-14-26)18-28-15-16-29(30(40)25-9-7-6-8-10-25)39(28)33(42)44-34(2,3)4/h6-14,17,19-20,28-30,40H,15-16,18,21H2,1-5H3/p+1/t28-,29+,30+/m0/s1. The van der Waals surface area contributed by atoms with Crippen LogP contribution in [0.3, 0.4) is 0 Å². The van der Waals surface area contributed by atoms with Crippen molar-refractivity contribution in [3.05, 3.63) is 101 Å². The van der Waals surface area contributed by atoms with E-state index in [1.54, 1.807) is 36.2 Å². The summed E-state index contributed by atoms with van der Waals surface area (Å²) in [5.74, 6) is 0.740. The molecule has 2 amide bonds. The Labute approximate surface area is 257 Å². The lowest BCUT2D eigenvalue weighted by Crippen LogP contribution is -2.47. The van der Waals surface area contributed by atoms with E-state index < -0.39 is 11.7 Å². The van der Waals surface area contributed by atoms with Gasteiger partial charge in [-0.05, 0) is 69.4 Å². The van der Waals surface area contributed by atoms with Gasteiger partial charge in [0.05, 0.1) is 5.56 Å². The molecule has 1 fully saturated rings. The molecule has 0 unspecified atom stereocenters. The number of aryl methyl sites for hydroxylation is 1. The summed E-state index contributed by atoms with van der Waals surface area (Å²) in [6, 6.07) is 18.7. The van der Waals surface area contributed by atoms with Crippen LogP contribution in [0.2, 0.25) is 0 Å². The van der Waals surface area contributed by atoms with Gasteiger partial charge in [-0.2, -0.15) is 0 Å². The molecule has 5 rings (SSSR count). The highest BCUT2D eigenvalue weighted by atomic mass is 16.6. The number of ether oxygens (including phenoxy) is 1. The van der Waals surface area contributed by atoms with Gasteiger partial charge >= 0.3 is 6.09 Å². The second-order valence-corrected chi connectivity index (χ2v) is 12.3. The van der Waals surface area contributed by atoms with Gasteiger partial charge in [0, 0.05) is 50.1 Å². The van der Waals surface area contributed by atoms with Crippen LogP contribution in [0.15, 0.2) is 77.5 Å². The van der Waals surface area contributed by atoms with Crippen LogP contribution in [0.1, 0.15) is 72.7 Å². The number of hydrogen-bond donors (Lipinski definition) is 0. The Morgan fingerprint density at radius 2 is 1.77 bits per heavy atom.